The zero-order valence-corrected chi connectivity index (χ0v) is 14.7. The van der Waals surface area contributed by atoms with Crippen LogP contribution >= 0.6 is 34.7 Å². The molecule has 0 spiro atoms. The first kappa shape index (κ1) is 17.1. The smallest absolute Gasteiger partial charge is 0.230 e. The highest BCUT2D eigenvalue weighted by Crippen LogP contribution is 2.26. The van der Waals surface area contributed by atoms with Gasteiger partial charge in [-0.2, -0.15) is 0 Å². The maximum Gasteiger partial charge on any atom is 0.230 e. The lowest BCUT2D eigenvalue weighted by Gasteiger charge is -2.15. The van der Waals surface area contributed by atoms with Crippen LogP contribution in [0.2, 0.25) is 5.02 Å². The fraction of sp³-hybridized carbons (Fsp3) is 0.357. The molecule has 5 nitrogen and oxygen atoms in total. The highest BCUT2D eigenvalue weighted by Gasteiger charge is 2.13. The van der Waals surface area contributed by atoms with E-state index in [-0.39, 0.29) is 11.9 Å². The molecule has 1 amide bonds. The highest BCUT2D eigenvalue weighted by molar-refractivity contribution is 8.01. The van der Waals surface area contributed by atoms with Crippen LogP contribution < -0.4 is 10.6 Å². The maximum atomic E-state index is 12.0. The number of halogens is 1. The number of amides is 1. The van der Waals surface area contributed by atoms with Crippen LogP contribution in [0.25, 0.3) is 0 Å². The molecular weight excluding hydrogens is 340 g/mol. The Balaban J connectivity index is 1.83. The van der Waals surface area contributed by atoms with Gasteiger partial charge < -0.3 is 10.6 Å². The Morgan fingerprint density at radius 2 is 2.18 bits per heavy atom. The van der Waals surface area contributed by atoms with E-state index < -0.39 is 0 Å². The summed E-state index contributed by atoms with van der Waals surface area (Å²) < 4.78 is 0.775. The monoisotopic (exact) mass is 356 g/mol. The summed E-state index contributed by atoms with van der Waals surface area (Å²) in [6.07, 6.45) is 0. The minimum absolute atomic E-state index is 0.0578. The predicted molar refractivity (Wildman–Crippen MR) is 92.8 cm³/mol. The number of benzene rings is 1. The minimum Gasteiger partial charge on any atom is -0.360 e. The van der Waals surface area contributed by atoms with Crippen molar-refractivity contribution in [2.24, 2.45) is 0 Å². The number of thioether (sulfide) groups is 1. The van der Waals surface area contributed by atoms with Gasteiger partial charge in [-0.05, 0) is 25.5 Å². The topological polar surface area (TPSA) is 66.9 Å². The molecule has 0 aliphatic heterocycles. The van der Waals surface area contributed by atoms with Gasteiger partial charge in [0, 0.05) is 11.6 Å². The Hall–Kier alpha value is -1.31. The van der Waals surface area contributed by atoms with Crippen LogP contribution in [0.1, 0.15) is 25.5 Å². The predicted octanol–water partition coefficient (Wildman–Crippen LogP) is 3.59. The molecule has 1 heterocycles. The molecule has 1 aromatic heterocycles. The summed E-state index contributed by atoms with van der Waals surface area (Å²) in [6.45, 7) is 4.71. The van der Waals surface area contributed by atoms with E-state index in [1.165, 1.54) is 23.1 Å². The first-order valence-electron chi connectivity index (χ1n) is 6.84. The van der Waals surface area contributed by atoms with E-state index in [0.29, 0.717) is 10.8 Å². The lowest BCUT2D eigenvalue weighted by atomic mass is 10.1. The van der Waals surface area contributed by atoms with Gasteiger partial charge in [-0.25, -0.2) is 0 Å². The number of carbonyl (C=O) groups excluding carboxylic acids is 1. The van der Waals surface area contributed by atoms with E-state index >= 15 is 0 Å². The number of hydrogen-bond acceptors (Lipinski definition) is 6. The zero-order valence-electron chi connectivity index (χ0n) is 12.3. The molecule has 1 atom stereocenters. The van der Waals surface area contributed by atoms with Crippen LogP contribution in [0.3, 0.4) is 0 Å². The number of aromatic nitrogens is 2. The summed E-state index contributed by atoms with van der Waals surface area (Å²) in [5, 5.41) is 15.5. The van der Waals surface area contributed by atoms with E-state index in [4.69, 9.17) is 11.6 Å². The summed E-state index contributed by atoms with van der Waals surface area (Å²) in [4.78, 5) is 12.0. The van der Waals surface area contributed by atoms with E-state index in [0.717, 1.165) is 21.6 Å². The van der Waals surface area contributed by atoms with Gasteiger partial charge in [-0.3, -0.25) is 4.79 Å². The van der Waals surface area contributed by atoms with Gasteiger partial charge in [0.25, 0.3) is 0 Å². The number of rotatable bonds is 7. The summed E-state index contributed by atoms with van der Waals surface area (Å²) in [7, 11) is 0. The third-order valence-electron chi connectivity index (χ3n) is 2.81. The molecule has 0 fully saturated rings. The van der Waals surface area contributed by atoms with E-state index in [1.807, 2.05) is 38.1 Å². The molecule has 8 heteroatoms. The van der Waals surface area contributed by atoms with Crippen molar-refractivity contribution in [1.29, 1.82) is 0 Å². The second-order valence-electron chi connectivity index (χ2n) is 4.50. The molecule has 0 saturated heterocycles. The average Bonchev–Trinajstić information content (AvgIpc) is 2.93. The third kappa shape index (κ3) is 4.86. The number of nitrogens with zero attached hydrogens (tertiary/aromatic N) is 2. The lowest BCUT2D eigenvalue weighted by molar-refractivity contribution is -0.119. The Bertz CT molecular complexity index is 635. The molecule has 0 bridgehead atoms. The Morgan fingerprint density at radius 3 is 2.91 bits per heavy atom. The van der Waals surface area contributed by atoms with Gasteiger partial charge in [-0.15, -0.1) is 10.2 Å². The van der Waals surface area contributed by atoms with Crippen molar-refractivity contribution in [1.82, 2.24) is 15.5 Å². The van der Waals surface area contributed by atoms with Crippen LogP contribution in [-0.4, -0.2) is 28.4 Å². The maximum absolute atomic E-state index is 12.0. The normalized spacial score (nSPS) is 12.0. The Morgan fingerprint density at radius 1 is 1.41 bits per heavy atom. The fourth-order valence-corrected chi connectivity index (χ4v) is 3.74. The third-order valence-corrected chi connectivity index (χ3v) is 5.17. The van der Waals surface area contributed by atoms with Gasteiger partial charge in [0.05, 0.1) is 11.8 Å². The van der Waals surface area contributed by atoms with Gasteiger partial charge in [-0.1, -0.05) is 52.9 Å². The quantitative estimate of drug-likeness (QED) is 0.742. The van der Waals surface area contributed by atoms with E-state index in [1.54, 1.807) is 0 Å². The van der Waals surface area contributed by atoms with Crippen molar-refractivity contribution in [2.45, 2.75) is 24.2 Å². The van der Waals surface area contributed by atoms with E-state index in [9.17, 15) is 4.79 Å². The molecule has 0 saturated carbocycles. The van der Waals surface area contributed by atoms with Gasteiger partial charge in [0.2, 0.25) is 11.0 Å². The molecule has 0 radical (unpaired) electrons. The van der Waals surface area contributed by atoms with Crippen molar-refractivity contribution >= 4 is 45.7 Å². The minimum atomic E-state index is -0.131. The zero-order chi connectivity index (χ0) is 15.9. The first-order chi connectivity index (χ1) is 10.6. The number of carbonyl (C=O) groups is 1. The van der Waals surface area contributed by atoms with Crippen LogP contribution in [-0.2, 0) is 4.79 Å². The SMILES string of the molecule is CCNc1nnc(SCC(=O)N[C@H](C)c2ccccc2Cl)s1. The van der Waals surface area contributed by atoms with Crippen molar-refractivity contribution in [3.05, 3.63) is 34.9 Å². The molecule has 2 rings (SSSR count). The number of anilines is 1. The molecule has 0 aliphatic rings. The van der Waals surface area contributed by atoms with Gasteiger partial charge in [0.1, 0.15) is 0 Å². The molecule has 2 N–H and O–H groups in total. The molecule has 2 aromatic rings. The number of nitrogens with one attached hydrogen (secondary N) is 2. The second kappa shape index (κ2) is 8.36. The lowest BCUT2D eigenvalue weighted by Crippen LogP contribution is -2.28. The van der Waals surface area contributed by atoms with Crippen LogP contribution in [0.4, 0.5) is 5.13 Å². The molecule has 0 unspecified atom stereocenters. The van der Waals surface area contributed by atoms with Crippen LogP contribution in [0.15, 0.2) is 28.6 Å². The standard InChI is InChI=1S/C14H17ClN4OS2/c1-3-16-13-18-19-14(22-13)21-8-12(20)17-9(2)10-6-4-5-7-11(10)15/h4-7,9H,3,8H2,1-2H3,(H,16,18)(H,17,20)/t9-/m1/s1. The summed E-state index contributed by atoms with van der Waals surface area (Å²) >= 11 is 8.95. The molecule has 22 heavy (non-hydrogen) atoms. The molecule has 1 aromatic carbocycles. The van der Waals surface area contributed by atoms with E-state index in [2.05, 4.69) is 20.8 Å². The molecule has 0 aliphatic carbocycles. The van der Waals surface area contributed by atoms with Gasteiger partial charge in [0.15, 0.2) is 4.34 Å². The summed E-state index contributed by atoms with van der Waals surface area (Å²) in [5.41, 5.74) is 0.910. The number of hydrogen-bond donors (Lipinski definition) is 2. The highest BCUT2D eigenvalue weighted by atomic mass is 35.5. The molecule has 118 valence electrons. The van der Waals surface area contributed by atoms with Crippen molar-refractivity contribution in [3.8, 4) is 0 Å². The van der Waals surface area contributed by atoms with Crippen molar-refractivity contribution < 1.29 is 4.79 Å². The Labute approximate surface area is 142 Å². The van der Waals surface area contributed by atoms with Crippen molar-refractivity contribution in [2.75, 3.05) is 17.6 Å². The van der Waals surface area contributed by atoms with Gasteiger partial charge >= 0.3 is 0 Å². The second-order valence-corrected chi connectivity index (χ2v) is 7.11. The van der Waals surface area contributed by atoms with Crippen LogP contribution in [0.5, 0.6) is 0 Å². The fourth-order valence-electron chi connectivity index (χ4n) is 1.81. The summed E-state index contributed by atoms with van der Waals surface area (Å²) in [6, 6.07) is 7.37. The van der Waals surface area contributed by atoms with Crippen molar-refractivity contribution in [3.63, 3.8) is 0 Å². The average molecular weight is 357 g/mol. The molecular formula is C14H17ClN4OS2. The summed E-state index contributed by atoms with van der Waals surface area (Å²) in [5.74, 6) is 0.243. The first-order valence-corrected chi connectivity index (χ1v) is 9.02. The van der Waals surface area contributed by atoms with Crippen LogP contribution in [0, 0.1) is 0 Å². The largest absolute Gasteiger partial charge is 0.360 e. The Kier molecular flexibility index (Phi) is 6.48.